The average molecular weight is 277 g/mol. The lowest BCUT2D eigenvalue weighted by molar-refractivity contribution is 0.302. The van der Waals surface area contributed by atoms with Crippen molar-refractivity contribution in [3.05, 3.63) is 40.4 Å². The summed E-state index contributed by atoms with van der Waals surface area (Å²) in [5, 5.41) is 3.13. The normalized spacial score (nSPS) is 9.56. The van der Waals surface area contributed by atoms with Crippen LogP contribution in [0.3, 0.4) is 0 Å². The van der Waals surface area contributed by atoms with Crippen LogP contribution < -0.4 is 10.5 Å². The largest absolute Gasteiger partial charge is 0.487 e. The number of anilines is 1. The Balaban J connectivity index is 0.00000128. The van der Waals surface area contributed by atoms with Crippen molar-refractivity contribution in [2.24, 2.45) is 0 Å². The average Bonchev–Trinajstić information content (AvgIpc) is 2.64. The fraction of sp³-hybridized carbons (Fsp3) is 0.100. The summed E-state index contributed by atoms with van der Waals surface area (Å²) in [6.45, 7) is 0.426. The summed E-state index contributed by atoms with van der Waals surface area (Å²) in [6.07, 6.45) is 0. The van der Waals surface area contributed by atoms with Crippen molar-refractivity contribution in [3.8, 4) is 5.75 Å². The SMILES string of the molecule is Cl.Nc1nc(COc2ccc(Cl)cc2)cs1. The maximum absolute atomic E-state index is 5.75. The minimum atomic E-state index is 0. The molecular weight excluding hydrogens is 267 g/mol. The predicted molar refractivity (Wildman–Crippen MR) is 69.6 cm³/mol. The van der Waals surface area contributed by atoms with Crippen LogP contribution in [0.2, 0.25) is 5.02 Å². The van der Waals surface area contributed by atoms with Gasteiger partial charge in [-0.3, -0.25) is 0 Å². The molecule has 0 amide bonds. The van der Waals surface area contributed by atoms with Crippen molar-refractivity contribution in [1.29, 1.82) is 0 Å². The number of nitrogens with two attached hydrogens (primary N) is 1. The van der Waals surface area contributed by atoms with Crippen LogP contribution in [0.25, 0.3) is 0 Å². The van der Waals surface area contributed by atoms with E-state index in [-0.39, 0.29) is 12.4 Å². The summed E-state index contributed by atoms with van der Waals surface area (Å²) < 4.78 is 5.49. The first-order valence-electron chi connectivity index (χ1n) is 4.32. The van der Waals surface area contributed by atoms with Crippen LogP contribution in [0.4, 0.5) is 5.13 Å². The van der Waals surface area contributed by atoms with Crippen LogP contribution in [0.1, 0.15) is 5.69 Å². The molecule has 0 unspecified atom stereocenters. The number of halogens is 2. The molecule has 0 saturated carbocycles. The third-order valence-corrected chi connectivity index (χ3v) is 2.74. The number of nitrogens with zero attached hydrogens (tertiary/aromatic N) is 1. The van der Waals surface area contributed by atoms with Gasteiger partial charge in [0.05, 0.1) is 5.69 Å². The van der Waals surface area contributed by atoms with Crippen molar-refractivity contribution < 1.29 is 4.74 Å². The van der Waals surface area contributed by atoms with Gasteiger partial charge in [0.2, 0.25) is 0 Å². The second-order valence-corrected chi connectivity index (χ2v) is 4.25. The molecule has 86 valence electrons. The molecule has 16 heavy (non-hydrogen) atoms. The quantitative estimate of drug-likeness (QED) is 0.935. The highest BCUT2D eigenvalue weighted by atomic mass is 35.5. The summed E-state index contributed by atoms with van der Waals surface area (Å²) in [4.78, 5) is 4.09. The highest BCUT2D eigenvalue weighted by Gasteiger charge is 1.99. The molecule has 1 aromatic carbocycles. The highest BCUT2D eigenvalue weighted by Crippen LogP contribution is 2.18. The van der Waals surface area contributed by atoms with E-state index in [9.17, 15) is 0 Å². The van der Waals surface area contributed by atoms with E-state index in [0.29, 0.717) is 16.8 Å². The predicted octanol–water partition coefficient (Wildman–Crippen LogP) is 3.38. The Kier molecular flexibility index (Phi) is 4.86. The second kappa shape index (κ2) is 5.94. The van der Waals surface area contributed by atoms with Gasteiger partial charge >= 0.3 is 0 Å². The van der Waals surface area contributed by atoms with E-state index in [1.165, 1.54) is 11.3 Å². The summed E-state index contributed by atoms with van der Waals surface area (Å²) >= 11 is 7.16. The Labute approximate surface area is 109 Å². The molecule has 2 rings (SSSR count). The van der Waals surface area contributed by atoms with Crippen LogP contribution in [0, 0.1) is 0 Å². The zero-order valence-electron chi connectivity index (χ0n) is 8.22. The number of thiazole rings is 1. The van der Waals surface area contributed by atoms with E-state index in [1.807, 2.05) is 17.5 Å². The molecule has 1 aromatic heterocycles. The first-order valence-corrected chi connectivity index (χ1v) is 5.58. The number of rotatable bonds is 3. The standard InChI is InChI=1S/C10H9ClN2OS.ClH/c11-7-1-3-9(4-2-7)14-5-8-6-15-10(12)13-8;/h1-4,6H,5H2,(H2,12,13);1H. The lowest BCUT2D eigenvalue weighted by atomic mass is 10.3. The van der Waals surface area contributed by atoms with Gasteiger partial charge in [0, 0.05) is 10.4 Å². The minimum absolute atomic E-state index is 0. The van der Waals surface area contributed by atoms with Crippen LogP contribution in [-0.2, 0) is 6.61 Å². The maximum Gasteiger partial charge on any atom is 0.180 e. The van der Waals surface area contributed by atoms with Crippen LogP contribution >= 0.6 is 35.3 Å². The Morgan fingerprint density at radius 3 is 2.56 bits per heavy atom. The van der Waals surface area contributed by atoms with Crippen LogP contribution in [0.15, 0.2) is 29.6 Å². The lowest BCUT2D eigenvalue weighted by Gasteiger charge is -2.03. The molecule has 0 atom stereocenters. The summed E-state index contributed by atoms with van der Waals surface area (Å²) in [6, 6.07) is 7.20. The first kappa shape index (κ1) is 13.1. The fourth-order valence-corrected chi connectivity index (χ4v) is 1.75. The van der Waals surface area contributed by atoms with Gasteiger partial charge in [0.25, 0.3) is 0 Å². The number of aromatic nitrogens is 1. The van der Waals surface area contributed by atoms with Gasteiger partial charge in [-0.25, -0.2) is 4.98 Å². The molecule has 0 spiro atoms. The van der Waals surface area contributed by atoms with E-state index in [2.05, 4.69) is 4.98 Å². The van der Waals surface area contributed by atoms with Gasteiger partial charge in [-0.2, -0.15) is 0 Å². The van der Waals surface area contributed by atoms with Gasteiger partial charge < -0.3 is 10.5 Å². The third kappa shape index (κ3) is 3.56. The molecule has 0 saturated heterocycles. The van der Waals surface area contributed by atoms with E-state index in [4.69, 9.17) is 22.1 Å². The van der Waals surface area contributed by atoms with Crippen LogP contribution in [-0.4, -0.2) is 4.98 Å². The number of hydrogen-bond acceptors (Lipinski definition) is 4. The molecule has 3 nitrogen and oxygen atoms in total. The topological polar surface area (TPSA) is 48.1 Å². The number of nitrogen functional groups attached to an aromatic ring is 1. The summed E-state index contributed by atoms with van der Waals surface area (Å²) in [7, 11) is 0. The fourth-order valence-electron chi connectivity index (χ4n) is 1.08. The molecule has 2 aromatic rings. The maximum atomic E-state index is 5.75. The molecule has 0 fully saturated rings. The Morgan fingerprint density at radius 2 is 2.00 bits per heavy atom. The Morgan fingerprint density at radius 1 is 1.31 bits per heavy atom. The molecule has 1 heterocycles. The van der Waals surface area contributed by atoms with Crippen molar-refractivity contribution in [1.82, 2.24) is 4.98 Å². The van der Waals surface area contributed by atoms with E-state index >= 15 is 0 Å². The molecule has 0 aliphatic carbocycles. The molecule has 0 aliphatic rings. The number of benzene rings is 1. The van der Waals surface area contributed by atoms with Gasteiger partial charge in [0.15, 0.2) is 5.13 Å². The molecule has 0 aliphatic heterocycles. The Hall–Kier alpha value is -0.970. The van der Waals surface area contributed by atoms with E-state index < -0.39 is 0 Å². The summed E-state index contributed by atoms with van der Waals surface area (Å²) in [5.41, 5.74) is 6.34. The molecule has 6 heteroatoms. The molecule has 0 bridgehead atoms. The zero-order valence-corrected chi connectivity index (χ0v) is 10.6. The van der Waals surface area contributed by atoms with Crippen molar-refractivity contribution in [2.75, 3.05) is 5.73 Å². The molecule has 0 radical (unpaired) electrons. The van der Waals surface area contributed by atoms with Gasteiger partial charge in [-0.1, -0.05) is 11.6 Å². The molecular formula is C10H10Cl2N2OS. The third-order valence-electron chi connectivity index (χ3n) is 1.77. The van der Waals surface area contributed by atoms with Crippen molar-refractivity contribution in [3.63, 3.8) is 0 Å². The second-order valence-electron chi connectivity index (χ2n) is 2.92. The number of ether oxygens (including phenoxy) is 1. The van der Waals surface area contributed by atoms with Crippen LogP contribution in [0.5, 0.6) is 5.75 Å². The van der Waals surface area contributed by atoms with Crippen molar-refractivity contribution >= 4 is 40.5 Å². The van der Waals surface area contributed by atoms with Gasteiger partial charge in [-0.05, 0) is 24.3 Å². The smallest absolute Gasteiger partial charge is 0.180 e. The zero-order chi connectivity index (χ0) is 10.7. The Bertz CT molecular complexity index is 444. The molecule has 2 N–H and O–H groups in total. The first-order chi connectivity index (χ1) is 7.24. The monoisotopic (exact) mass is 276 g/mol. The lowest BCUT2D eigenvalue weighted by Crippen LogP contribution is -1.95. The highest BCUT2D eigenvalue weighted by molar-refractivity contribution is 7.13. The minimum Gasteiger partial charge on any atom is -0.487 e. The number of hydrogen-bond donors (Lipinski definition) is 1. The van der Waals surface area contributed by atoms with Gasteiger partial charge in [-0.15, -0.1) is 23.7 Å². The summed E-state index contributed by atoms with van der Waals surface area (Å²) in [5.74, 6) is 0.769. The van der Waals surface area contributed by atoms with Gasteiger partial charge in [0.1, 0.15) is 12.4 Å². The van der Waals surface area contributed by atoms with E-state index in [0.717, 1.165) is 11.4 Å². The van der Waals surface area contributed by atoms with Crippen molar-refractivity contribution in [2.45, 2.75) is 6.61 Å². The van der Waals surface area contributed by atoms with E-state index in [1.54, 1.807) is 12.1 Å².